The van der Waals surface area contributed by atoms with Gasteiger partial charge in [-0.15, -0.1) is 0 Å². The summed E-state index contributed by atoms with van der Waals surface area (Å²) in [5.74, 6) is 0.553. The normalized spacial score (nSPS) is 15.3. The van der Waals surface area contributed by atoms with Crippen molar-refractivity contribution < 1.29 is 4.79 Å². The Bertz CT molecular complexity index is 1210. The average molecular weight is 381 g/mol. The van der Waals surface area contributed by atoms with Crippen LogP contribution >= 0.6 is 0 Å². The third kappa shape index (κ3) is 3.10. The first-order chi connectivity index (χ1) is 14.2. The topological polar surface area (TPSA) is 105 Å². The number of hydrogen-bond donors (Lipinski definition) is 1. The van der Waals surface area contributed by atoms with Crippen LogP contribution in [0.4, 0.5) is 5.95 Å². The first kappa shape index (κ1) is 17.1. The zero-order chi connectivity index (χ0) is 19.8. The number of rotatable bonds is 4. The molecule has 3 heterocycles. The zero-order valence-corrected chi connectivity index (χ0v) is 15.4. The van der Waals surface area contributed by atoms with Gasteiger partial charge in [0, 0.05) is 18.0 Å². The maximum Gasteiger partial charge on any atom is 0.232 e. The number of allylic oxidation sites excluding steroid dienone is 1. The molecule has 1 aliphatic carbocycles. The van der Waals surface area contributed by atoms with Crippen LogP contribution in [-0.2, 0) is 0 Å². The molecule has 1 atom stereocenters. The number of nitrogens with zero attached hydrogens (tertiary/aromatic N) is 6. The fourth-order valence-corrected chi connectivity index (χ4v) is 3.19. The van der Waals surface area contributed by atoms with Gasteiger partial charge in [-0.25, -0.2) is 29.9 Å². The molecule has 2 aliphatic rings. The molecule has 0 fully saturated rings. The minimum absolute atomic E-state index is 0.0291. The standard InChI is InChI=1S/C21H15N7O/c1-12(13-5-3-2-4-6-13)26-21-22-8-7-15(27-21)20-23-10-14-9-16-18(25-11-24-16)19(29)17(14)28-20/h2-12H,1H3,(H,22,26,27)/t12-/m0/s1. The molecule has 2 aromatic heterocycles. The third-order valence-corrected chi connectivity index (χ3v) is 4.70. The van der Waals surface area contributed by atoms with Crippen LogP contribution in [0.5, 0.6) is 0 Å². The van der Waals surface area contributed by atoms with E-state index in [-0.39, 0.29) is 11.8 Å². The van der Waals surface area contributed by atoms with Gasteiger partial charge in [-0.1, -0.05) is 30.3 Å². The van der Waals surface area contributed by atoms with Crippen molar-refractivity contribution >= 4 is 29.9 Å². The summed E-state index contributed by atoms with van der Waals surface area (Å²) in [5.41, 5.74) is 3.42. The molecule has 0 unspecified atom stereocenters. The molecule has 29 heavy (non-hydrogen) atoms. The van der Waals surface area contributed by atoms with Crippen molar-refractivity contribution in [2.24, 2.45) is 9.98 Å². The van der Waals surface area contributed by atoms with Gasteiger partial charge in [0.05, 0.1) is 11.7 Å². The van der Waals surface area contributed by atoms with Crippen LogP contribution < -0.4 is 5.32 Å². The molecular formula is C21H15N7O. The van der Waals surface area contributed by atoms with Crippen LogP contribution in [0.3, 0.4) is 0 Å². The van der Waals surface area contributed by atoms with E-state index in [0.717, 1.165) is 5.56 Å². The number of aliphatic imine (C=N–C) groups is 2. The monoisotopic (exact) mass is 381 g/mol. The van der Waals surface area contributed by atoms with Crippen LogP contribution in [0.15, 0.2) is 64.5 Å². The number of carbonyl (C=O) groups excluding carboxylic acids is 1. The highest BCUT2D eigenvalue weighted by Gasteiger charge is 2.29. The van der Waals surface area contributed by atoms with E-state index in [4.69, 9.17) is 0 Å². The molecule has 0 spiro atoms. The Morgan fingerprint density at radius 1 is 1.03 bits per heavy atom. The van der Waals surface area contributed by atoms with Crippen molar-refractivity contribution in [1.29, 1.82) is 0 Å². The predicted octanol–water partition coefficient (Wildman–Crippen LogP) is 3.13. The maximum absolute atomic E-state index is 12.7. The third-order valence-electron chi connectivity index (χ3n) is 4.70. The van der Waals surface area contributed by atoms with Crippen LogP contribution in [0.1, 0.15) is 34.6 Å². The Labute approximate surface area is 166 Å². The number of carbonyl (C=O) groups is 1. The number of anilines is 1. The summed E-state index contributed by atoms with van der Waals surface area (Å²) in [4.78, 5) is 38.4. The largest absolute Gasteiger partial charge is 0.348 e. The second-order valence-corrected chi connectivity index (χ2v) is 6.62. The second-order valence-electron chi connectivity index (χ2n) is 6.62. The highest BCUT2D eigenvalue weighted by molar-refractivity contribution is 6.55. The van der Waals surface area contributed by atoms with E-state index in [0.29, 0.717) is 40.1 Å². The fourth-order valence-electron chi connectivity index (χ4n) is 3.19. The van der Waals surface area contributed by atoms with E-state index < -0.39 is 0 Å². The van der Waals surface area contributed by atoms with Gasteiger partial charge in [-0.05, 0) is 24.6 Å². The lowest BCUT2D eigenvalue weighted by Crippen LogP contribution is -2.21. The van der Waals surface area contributed by atoms with Crippen molar-refractivity contribution in [3.63, 3.8) is 0 Å². The van der Waals surface area contributed by atoms with E-state index in [9.17, 15) is 4.79 Å². The first-order valence-corrected chi connectivity index (χ1v) is 9.08. The number of nitrogens with one attached hydrogen (secondary N) is 1. The fraction of sp³-hybridized carbons (Fsp3) is 0.0952. The molecule has 5 rings (SSSR count). The van der Waals surface area contributed by atoms with Gasteiger partial charge in [0.1, 0.15) is 23.4 Å². The van der Waals surface area contributed by atoms with E-state index in [2.05, 4.69) is 35.2 Å². The summed E-state index contributed by atoms with van der Waals surface area (Å²) in [6, 6.07) is 11.8. The van der Waals surface area contributed by atoms with Crippen molar-refractivity contribution in [1.82, 2.24) is 19.9 Å². The summed E-state index contributed by atoms with van der Waals surface area (Å²) in [5, 5.41) is 3.28. The minimum Gasteiger partial charge on any atom is -0.348 e. The van der Waals surface area contributed by atoms with Gasteiger partial charge < -0.3 is 5.32 Å². The first-order valence-electron chi connectivity index (χ1n) is 9.08. The van der Waals surface area contributed by atoms with Crippen LogP contribution in [0, 0.1) is 0 Å². The minimum atomic E-state index is -0.260. The molecule has 1 aliphatic heterocycles. The number of ketones is 1. The molecule has 0 saturated carbocycles. The summed E-state index contributed by atoms with van der Waals surface area (Å²) in [7, 11) is 0. The molecule has 0 bridgehead atoms. The summed E-state index contributed by atoms with van der Waals surface area (Å²) >= 11 is 0. The summed E-state index contributed by atoms with van der Waals surface area (Å²) in [6.45, 7) is 2.04. The molecule has 8 heteroatoms. The van der Waals surface area contributed by atoms with Gasteiger partial charge in [0.25, 0.3) is 0 Å². The lowest BCUT2D eigenvalue weighted by molar-refractivity contribution is 0.106. The highest BCUT2D eigenvalue weighted by atomic mass is 16.1. The molecule has 0 radical (unpaired) electrons. The van der Waals surface area contributed by atoms with Crippen molar-refractivity contribution in [2.75, 3.05) is 5.32 Å². The Kier molecular flexibility index (Phi) is 4.02. The number of benzene rings is 1. The quantitative estimate of drug-likeness (QED) is 0.744. The number of fused-ring (bicyclic) bond motifs is 2. The maximum atomic E-state index is 12.7. The predicted molar refractivity (Wildman–Crippen MR) is 110 cm³/mol. The molecule has 0 amide bonds. The lowest BCUT2D eigenvalue weighted by atomic mass is 9.99. The second kappa shape index (κ2) is 6.83. The molecule has 1 aromatic carbocycles. The van der Waals surface area contributed by atoms with E-state index in [1.807, 2.05) is 37.3 Å². The van der Waals surface area contributed by atoms with Gasteiger partial charge in [0.2, 0.25) is 11.7 Å². The molecule has 0 saturated heterocycles. The smallest absolute Gasteiger partial charge is 0.232 e. The van der Waals surface area contributed by atoms with E-state index in [1.165, 1.54) is 6.34 Å². The highest BCUT2D eigenvalue weighted by Crippen LogP contribution is 2.25. The molecular weight excluding hydrogens is 366 g/mol. The van der Waals surface area contributed by atoms with Crippen molar-refractivity contribution in [3.05, 3.63) is 71.3 Å². The van der Waals surface area contributed by atoms with Crippen LogP contribution in [0.2, 0.25) is 0 Å². The number of aromatic nitrogens is 4. The molecule has 8 nitrogen and oxygen atoms in total. The number of hydrogen-bond acceptors (Lipinski definition) is 8. The van der Waals surface area contributed by atoms with E-state index in [1.54, 1.807) is 24.5 Å². The Balaban J connectivity index is 1.45. The van der Waals surface area contributed by atoms with Crippen LogP contribution in [-0.4, -0.2) is 37.8 Å². The van der Waals surface area contributed by atoms with Crippen LogP contribution in [0.25, 0.3) is 17.6 Å². The zero-order valence-electron chi connectivity index (χ0n) is 15.4. The average Bonchev–Trinajstić information content (AvgIpc) is 3.23. The Hall–Kier alpha value is -4.07. The summed E-state index contributed by atoms with van der Waals surface area (Å²) < 4.78 is 0. The Morgan fingerprint density at radius 3 is 2.76 bits per heavy atom. The van der Waals surface area contributed by atoms with Gasteiger partial charge >= 0.3 is 0 Å². The van der Waals surface area contributed by atoms with Crippen molar-refractivity contribution in [2.45, 2.75) is 13.0 Å². The SMILES string of the molecule is C[C@H](Nc1nccc(-c2ncc3c(n2)C(=O)C2=NC=NC2=C3)n1)c1ccccc1. The van der Waals surface area contributed by atoms with E-state index >= 15 is 0 Å². The van der Waals surface area contributed by atoms with Crippen molar-refractivity contribution in [3.8, 4) is 11.5 Å². The molecule has 140 valence electrons. The Morgan fingerprint density at radius 2 is 1.90 bits per heavy atom. The lowest BCUT2D eigenvalue weighted by Gasteiger charge is -2.15. The summed E-state index contributed by atoms with van der Waals surface area (Å²) in [6.07, 6.45) is 6.38. The van der Waals surface area contributed by atoms with Gasteiger partial charge in [-0.3, -0.25) is 4.79 Å². The number of Topliss-reactive ketones (excluding diaryl/α,β-unsaturated/α-hetero) is 1. The van der Waals surface area contributed by atoms with Gasteiger partial charge in [0.15, 0.2) is 5.82 Å². The molecule has 1 N–H and O–H groups in total. The molecule has 3 aromatic rings. The van der Waals surface area contributed by atoms with Gasteiger partial charge in [-0.2, -0.15) is 0 Å².